The van der Waals surface area contributed by atoms with E-state index in [2.05, 4.69) is 5.92 Å². The van der Waals surface area contributed by atoms with Crippen LogP contribution in [0, 0.1) is 12.3 Å². The van der Waals surface area contributed by atoms with Crippen LogP contribution in [0.3, 0.4) is 0 Å². The molecule has 1 aliphatic heterocycles. The van der Waals surface area contributed by atoms with Crippen LogP contribution in [0.4, 0.5) is 0 Å². The summed E-state index contributed by atoms with van der Waals surface area (Å²) in [5, 5.41) is 0. The lowest BCUT2D eigenvalue weighted by molar-refractivity contribution is -0.154. The molecule has 0 saturated carbocycles. The maximum atomic E-state index is 11.2. The van der Waals surface area contributed by atoms with E-state index in [9.17, 15) is 9.59 Å². The van der Waals surface area contributed by atoms with E-state index >= 15 is 0 Å². The normalized spacial score (nSPS) is 18.0. The molecule has 0 aromatic rings. The molecule has 0 N–H and O–H groups in total. The number of amides is 2. The lowest BCUT2D eigenvalue weighted by atomic mass is 10.3. The van der Waals surface area contributed by atoms with Crippen molar-refractivity contribution in [3.05, 3.63) is 0 Å². The van der Waals surface area contributed by atoms with Gasteiger partial charge in [0.1, 0.15) is 0 Å². The van der Waals surface area contributed by atoms with Crippen molar-refractivity contribution in [3.63, 3.8) is 0 Å². The molecule has 1 saturated heterocycles. The molecule has 0 bridgehead atoms. The Morgan fingerprint density at radius 1 is 1.42 bits per heavy atom. The number of hydrogen-bond donors (Lipinski definition) is 0. The second-order valence-electron chi connectivity index (χ2n) is 2.66. The molecule has 0 radical (unpaired) electrons. The predicted octanol–water partition coefficient (Wildman–Crippen LogP) is -1.08. The molecule has 0 spiro atoms. The maximum absolute atomic E-state index is 11.2. The molecular weight excluding hydrogens is 156 g/mol. The van der Waals surface area contributed by atoms with Gasteiger partial charge in [0.05, 0.1) is 6.54 Å². The van der Waals surface area contributed by atoms with Crippen LogP contribution in [0.5, 0.6) is 0 Å². The Balaban J connectivity index is 2.67. The predicted molar refractivity (Wildman–Crippen MR) is 43.1 cm³/mol. The highest BCUT2D eigenvalue weighted by Gasteiger charge is 2.29. The van der Waals surface area contributed by atoms with Crippen molar-refractivity contribution in [1.82, 2.24) is 9.80 Å². The number of likely N-dealkylation sites (N-methyl/N-ethyl adjacent to an activating group) is 1. The first kappa shape index (κ1) is 8.60. The van der Waals surface area contributed by atoms with Crippen LogP contribution in [0.15, 0.2) is 0 Å². The fourth-order valence-electron chi connectivity index (χ4n) is 1.03. The highest BCUT2D eigenvalue weighted by molar-refractivity contribution is 6.35. The largest absolute Gasteiger partial charge is 0.336 e. The molecule has 1 rings (SSSR count). The number of piperazine rings is 1. The zero-order chi connectivity index (χ0) is 9.14. The first-order chi connectivity index (χ1) is 5.66. The monoisotopic (exact) mass is 166 g/mol. The summed E-state index contributed by atoms with van der Waals surface area (Å²) in [7, 11) is 1.60. The highest BCUT2D eigenvalue weighted by atomic mass is 16.2. The summed E-state index contributed by atoms with van der Waals surface area (Å²) in [6, 6.07) is 0. The third kappa shape index (κ3) is 1.40. The van der Waals surface area contributed by atoms with Crippen LogP contribution in [-0.2, 0) is 9.59 Å². The molecular formula is C8H10N2O2. The van der Waals surface area contributed by atoms with Gasteiger partial charge >= 0.3 is 11.8 Å². The Morgan fingerprint density at radius 3 is 2.67 bits per heavy atom. The number of carbonyl (C=O) groups excluding carboxylic acids is 2. The van der Waals surface area contributed by atoms with Crippen LogP contribution in [-0.4, -0.2) is 48.3 Å². The standard InChI is InChI=1S/C8H10N2O2/c1-3-4-10-6-5-9(2)7(11)8(10)12/h1H,4-6H2,2H3. The Hall–Kier alpha value is -1.50. The Bertz CT molecular complexity index is 254. The second kappa shape index (κ2) is 3.26. The van der Waals surface area contributed by atoms with Crippen LogP contribution in [0.1, 0.15) is 0 Å². The highest BCUT2D eigenvalue weighted by Crippen LogP contribution is 2.01. The van der Waals surface area contributed by atoms with E-state index in [-0.39, 0.29) is 6.54 Å². The SMILES string of the molecule is C#CCN1CCN(C)C(=O)C1=O. The lowest BCUT2D eigenvalue weighted by Gasteiger charge is -2.29. The molecule has 1 fully saturated rings. The summed E-state index contributed by atoms with van der Waals surface area (Å²) in [6.07, 6.45) is 5.03. The fraction of sp³-hybridized carbons (Fsp3) is 0.500. The quantitative estimate of drug-likeness (QED) is 0.367. The molecule has 0 atom stereocenters. The maximum Gasteiger partial charge on any atom is 0.312 e. The van der Waals surface area contributed by atoms with Gasteiger partial charge in [-0.05, 0) is 0 Å². The molecule has 0 aromatic carbocycles. The minimum absolute atomic E-state index is 0.221. The Kier molecular flexibility index (Phi) is 2.34. The first-order valence-corrected chi connectivity index (χ1v) is 3.64. The molecule has 4 nitrogen and oxygen atoms in total. The van der Waals surface area contributed by atoms with Gasteiger partial charge in [0, 0.05) is 20.1 Å². The molecule has 1 aliphatic rings. The fourth-order valence-corrected chi connectivity index (χ4v) is 1.03. The molecule has 4 heteroatoms. The second-order valence-corrected chi connectivity index (χ2v) is 2.66. The van der Waals surface area contributed by atoms with Crippen LogP contribution in [0.25, 0.3) is 0 Å². The minimum atomic E-state index is -0.498. The Labute approximate surface area is 71.1 Å². The van der Waals surface area contributed by atoms with Crippen molar-refractivity contribution in [2.45, 2.75) is 0 Å². The van der Waals surface area contributed by atoms with Crippen molar-refractivity contribution in [2.75, 3.05) is 26.7 Å². The summed E-state index contributed by atoms with van der Waals surface area (Å²) >= 11 is 0. The average molecular weight is 166 g/mol. The van der Waals surface area contributed by atoms with E-state index in [1.165, 1.54) is 9.80 Å². The van der Waals surface area contributed by atoms with Gasteiger partial charge < -0.3 is 9.80 Å². The smallest absolute Gasteiger partial charge is 0.312 e. The summed E-state index contributed by atoms with van der Waals surface area (Å²) < 4.78 is 0. The third-order valence-corrected chi connectivity index (χ3v) is 1.80. The summed E-state index contributed by atoms with van der Waals surface area (Å²) in [4.78, 5) is 25.0. The van der Waals surface area contributed by atoms with Gasteiger partial charge in [0.25, 0.3) is 0 Å². The molecule has 1 heterocycles. The van der Waals surface area contributed by atoms with E-state index in [1.54, 1.807) is 7.05 Å². The van der Waals surface area contributed by atoms with E-state index in [0.29, 0.717) is 13.1 Å². The van der Waals surface area contributed by atoms with E-state index in [4.69, 9.17) is 6.42 Å². The van der Waals surface area contributed by atoms with Crippen molar-refractivity contribution in [3.8, 4) is 12.3 Å². The van der Waals surface area contributed by atoms with Gasteiger partial charge in [0.2, 0.25) is 0 Å². The van der Waals surface area contributed by atoms with Crippen LogP contribution < -0.4 is 0 Å². The molecule has 2 amide bonds. The number of terminal acetylenes is 1. The van der Waals surface area contributed by atoms with Gasteiger partial charge in [-0.3, -0.25) is 9.59 Å². The molecule has 0 unspecified atom stereocenters. The topological polar surface area (TPSA) is 40.6 Å². The van der Waals surface area contributed by atoms with Gasteiger partial charge in [0.15, 0.2) is 0 Å². The minimum Gasteiger partial charge on any atom is -0.336 e. The average Bonchev–Trinajstić information content (AvgIpc) is 2.07. The van der Waals surface area contributed by atoms with Crippen LogP contribution >= 0.6 is 0 Å². The molecule has 0 aromatic heterocycles. The summed E-state index contributed by atoms with van der Waals surface area (Å²) in [5.74, 6) is 1.36. The Morgan fingerprint density at radius 2 is 2.08 bits per heavy atom. The number of hydrogen-bond acceptors (Lipinski definition) is 2. The van der Waals surface area contributed by atoms with Crippen molar-refractivity contribution in [2.24, 2.45) is 0 Å². The van der Waals surface area contributed by atoms with Gasteiger partial charge in [-0.25, -0.2) is 0 Å². The van der Waals surface area contributed by atoms with Crippen molar-refractivity contribution < 1.29 is 9.59 Å². The summed E-state index contributed by atoms with van der Waals surface area (Å²) in [5.41, 5.74) is 0. The van der Waals surface area contributed by atoms with Gasteiger partial charge in [-0.2, -0.15) is 0 Å². The number of nitrogens with zero attached hydrogens (tertiary/aromatic N) is 2. The molecule has 64 valence electrons. The van der Waals surface area contributed by atoms with Gasteiger partial charge in [-0.15, -0.1) is 6.42 Å². The zero-order valence-corrected chi connectivity index (χ0v) is 6.91. The molecule has 0 aliphatic carbocycles. The van der Waals surface area contributed by atoms with Crippen LogP contribution in [0.2, 0.25) is 0 Å². The van der Waals surface area contributed by atoms with E-state index < -0.39 is 11.8 Å². The van der Waals surface area contributed by atoms with E-state index in [1.807, 2.05) is 0 Å². The number of carbonyl (C=O) groups is 2. The lowest BCUT2D eigenvalue weighted by Crippen LogP contribution is -2.52. The first-order valence-electron chi connectivity index (χ1n) is 3.64. The summed E-state index contributed by atoms with van der Waals surface area (Å²) in [6.45, 7) is 1.32. The van der Waals surface area contributed by atoms with Crippen molar-refractivity contribution >= 4 is 11.8 Å². The molecule has 12 heavy (non-hydrogen) atoms. The number of rotatable bonds is 1. The third-order valence-electron chi connectivity index (χ3n) is 1.80. The van der Waals surface area contributed by atoms with Crippen molar-refractivity contribution in [1.29, 1.82) is 0 Å². The van der Waals surface area contributed by atoms with E-state index in [0.717, 1.165) is 0 Å². The van der Waals surface area contributed by atoms with Gasteiger partial charge in [-0.1, -0.05) is 5.92 Å². The zero-order valence-electron chi connectivity index (χ0n) is 6.91.